The predicted octanol–water partition coefficient (Wildman–Crippen LogP) is 0.376. The zero-order valence-corrected chi connectivity index (χ0v) is 9.37. The van der Waals surface area contributed by atoms with E-state index in [1.165, 1.54) is 0 Å². The molecule has 4 nitrogen and oxygen atoms in total. The van der Waals surface area contributed by atoms with E-state index in [0.717, 1.165) is 32.4 Å². The number of hydrogen-bond donors (Lipinski definition) is 1. The van der Waals surface area contributed by atoms with Gasteiger partial charge in [0.2, 0.25) is 0 Å². The average Bonchev–Trinajstić information content (AvgIpc) is 2.77. The van der Waals surface area contributed by atoms with Gasteiger partial charge in [-0.15, -0.1) is 0 Å². The van der Waals surface area contributed by atoms with Crippen LogP contribution in [0.5, 0.6) is 0 Å². The highest BCUT2D eigenvalue weighted by atomic mass is 16.5. The molecule has 0 aliphatic carbocycles. The summed E-state index contributed by atoms with van der Waals surface area (Å²) in [7, 11) is 0. The van der Waals surface area contributed by atoms with Gasteiger partial charge in [-0.25, -0.2) is 0 Å². The molecule has 4 heteroatoms. The summed E-state index contributed by atoms with van der Waals surface area (Å²) < 4.78 is 5.49. The molecule has 0 aromatic heterocycles. The van der Waals surface area contributed by atoms with Crippen molar-refractivity contribution in [1.29, 1.82) is 0 Å². The van der Waals surface area contributed by atoms with Gasteiger partial charge in [0.25, 0.3) is 5.91 Å². The van der Waals surface area contributed by atoms with Crippen LogP contribution < -0.4 is 5.32 Å². The van der Waals surface area contributed by atoms with Crippen LogP contribution in [-0.2, 0) is 9.53 Å². The SMILES string of the molecule is CCC1CCCN1C(=O)C1CNCCO1. The summed E-state index contributed by atoms with van der Waals surface area (Å²) in [5, 5.41) is 3.20. The van der Waals surface area contributed by atoms with Crippen molar-refractivity contribution in [3.8, 4) is 0 Å². The van der Waals surface area contributed by atoms with E-state index >= 15 is 0 Å². The first-order valence-corrected chi connectivity index (χ1v) is 5.95. The smallest absolute Gasteiger partial charge is 0.253 e. The van der Waals surface area contributed by atoms with Crippen LogP contribution in [0.4, 0.5) is 0 Å². The van der Waals surface area contributed by atoms with Crippen LogP contribution in [0.2, 0.25) is 0 Å². The molecule has 2 heterocycles. The second-order valence-electron chi connectivity index (χ2n) is 4.30. The fourth-order valence-corrected chi connectivity index (χ4v) is 2.46. The van der Waals surface area contributed by atoms with Gasteiger partial charge in [-0.05, 0) is 19.3 Å². The van der Waals surface area contributed by atoms with E-state index in [-0.39, 0.29) is 12.0 Å². The third-order valence-electron chi connectivity index (χ3n) is 3.33. The van der Waals surface area contributed by atoms with Crippen molar-refractivity contribution in [2.75, 3.05) is 26.2 Å². The summed E-state index contributed by atoms with van der Waals surface area (Å²) in [4.78, 5) is 14.1. The Morgan fingerprint density at radius 2 is 2.47 bits per heavy atom. The number of nitrogens with zero attached hydrogens (tertiary/aromatic N) is 1. The van der Waals surface area contributed by atoms with Gasteiger partial charge in [-0.1, -0.05) is 6.92 Å². The molecule has 1 amide bonds. The fraction of sp³-hybridized carbons (Fsp3) is 0.909. The lowest BCUT2D eigenvalue weighted by atomic mass is 10.1. The van der Waals surface area contributed by atoms with Gasteiger partial charge in [0.15, 0.2) is 0 Å². The highest BCUT2D eigenvalue weighted by molar-refractivity contribution is 5.81. The lowest BCUT2D eigenvalue weighted by Crippen LogP contribution is -2.50. The van der Waals surface area contributed by atoms with Gasteiger partial charge in [-0.3, -0.25) is 4.79 Å². The Hall–Kier alpha value is -0.610. The molecule has 2 unspecified atom stereocenters. The van der Waals surface area contributed by atoms with Gasteiger partial charge in [0, 0.05) is 25.7 Å². The Balaban J connectivity index is 1.93. The number of rotatable bonds is 2. The zero-order valence-electron chi connectivity index (χ0n) is 9.37. The number of amides is 1. The van der Waals surface area contributed by atoms with E-state index in [0.29, 0.717) is 19.2 Å². The molecular formula is C11H20N2O2. The molecule has 1 N–H and O–H groups in total. The van der Waals surface area contributed by atoms with Crippen molar-refractivity contribution in [2.24, 2.45) is 0 Å². The fourth-order valence-electron chi connectivity index (χ4n) is 2.46. The first-order valence-electron chi connectivity index (χ1n) is 5.95. The molecular weight excluding hydrogens is 192 g/mol. The molecule has 0 radical (unpaired) electrons. The maximum Gasteiger partial charge on any atom is 0.253 e. The molecule has 0 bridgehead atoms. The van der Waals surface area contributed by atoms with E-state index in [1.807, 2.05) is 4.90 Å². The lowest BCUT2D eigenvalue weighted by molar-refractivity contribution is -0.146. The van der Waals surface area contributed by atoms with E-state index in [9.17, 15) is 4.79 Å². The molecule has 0 aromatic carbocycles. The molecule has 2 atom stereocenters. The van der Waals surface area contributed by atoms with Crippen molar-refractivity contribution in [3.63, 3.8) is 0 Å². The number of carbonyl (C=O) groups excluding carboxylic acids is 1. The van der Waals surface area contributed by atoms with Crippen LogP contribution in [0.1, 0.15) is 26.2 Å². The van der Waals surface area contributed by atoms with Crippen LogP contribution in [0, 0.1) is 0 Å². The summed E-state index contributed by atoms with van der Waals surface area (Å²) in [5.74, 6) is 0.187. The van der Waals surface area contributed by atoms with E-state index in [1.54, 1.807) is 0 Å². The molecule has 15 heavy (non-hydrogen) atoms. The molecule has 0 spiro atoms. The van der Waals surface area contributed by atoms with Gasteiger partial charge < -0.3 is 15.0 Å². The number of morpholine rings is 1. The van der Waals surface area contributed by atoms with Crippen molar-refractivity contribution >= 4 is 5.91 Å². The van der Waals surface area contributed by atoms with E-state index in [4.69, 9.17) is 4.74 Å². The van der Waals surface area contributed by atoms with Crippen molar-refractivity contribution < 1.29 is 9.53 Å². The van der Waals surface area contributed by atoms with E-state index < -0.39 is 0 Å². The summed E-state index contributed by atoms with van der Waals surface area (Å²) >= 11 is 0. The molecule has 2 aliphatic heterocycles. The van der Waals surface area contributed by atoms with Gasteiger partial charge in [0.05, 0.1) is 6.61 Å². The van der Waals surface area contributed by atoms with Crippen molar-refractivity contribution in [3.05, 3.63) is 0 Å². The van der Waals surface area contributed by atoms with Crippen LogP contribution in [0.3, 0.4) is 0 Å². The third kappa shape index (κ3) is 2.32. The summed E-state index contributed by atoms with van der Waals surface area (Å²) in [6.07, 6.45) is 3.12. The van der Waals surface area contributed by atoms with E-state index in [2.05, 4.69) is 12.2 Å². The average molecular weight is 212 g/mol. The number of ether oxygens (including phenoxy) is 1. The van der Waals surface area contributed by atoms with Crippen molar-refractivity contribution in [1.82, 2.24) is 10.2 Å². The number of likely N-dealkylation sites (tertiary alicyclic amines) is 1. The number of nitrogens with one attached hydrogen (secondary N) is 1. The monoisotopic (exact) mass is 212 g/mol. The maximum atomic E-state index is 12.1. The Kier molecular flexibility index (Phi) is 3.59. The van der Waals surface area contributed by atoms with Gasteiger partial charge in [0.1, 0.15) is 6.10 Å². The van der Waals surface area contributed by atoms with Crippen LogP contribution in [-0.4, -0.2) is 49.2 Å². The normalized spacial score (nSPS) is 31.9. The van der Waals surface area contributed by atoms with Crippen LogP contribution in [0.15, 0.2) is 0 Å². The molecule has 0 aromatic rings. The van der Waals surface area contributed by atoms with Crippen LogP contribution in [0.25, 0.3) is 0 Å². The predicted molar refractivity (Wildman–Crippen MR) is 57.6 cm³/mol. The molecule has 2 fully saturated rings. The molecule has 86 valence electrons. The largest absolute Gasteiger partial charge is 0.366 e. The Morgan fingerprint density at radius 3 is 3.13 bits per heavy atom. The van der Waals surface area contributed by atoms with Crippen molar-refractivity contribution in [2.45, 2.75) is 38.3 Å². The third-order valence-corrected chi connectivity index (χ3v) is 3.33. The van der Waals surface area contributed by atoms with Gasteiger partial charge >= 0.3 is 0 Å². The minimum absolute atomic E-state index is 0.187. The number of carbonyl (C=O) groups is 1. The van der Waals surface area contributed by atoms with Crippen LogP contribution >= 0.6 is 0 Å². The second-order valence-corrected chi connectivity index (χ2v) is 4.30. The highest BCUT2D eigenvalue weighted by Crippen LogP contribution is 2.21. The second kappa shape index (κ2) is 4.94. The summed E-state index contributed by atoms with van der Waals surface area (Å²) in [6, 6.07) is 0.447. The Morgan fingerprint density at radius 1 is 1.60 bits per heavy atom. The molecule has 2 aliphatic rings. The Bertz CT molecular complexity index is 227. The zero-order chi connectivity index (χ0) is 10.7. The topological polar surface area (TPSA) is 41.6 Å². The summed E-state index contributed by atoms with van der Waals surface area (Å²) in [5.41, 5.74) is 0. The minimum atomic E-state index is -0.245. The minimum Gasteiger partial charge on any atom is -0.366 e. The highest BCUT2D eigenvalue weighted by Gasteiger charge is 2.33. The first-order chi connectivity index (χ1) is 7.33. The van der Waals surface area contributed by atoms with Gasteiger partial charge in [-0.2, -0.15) is 0 Å². The maximum absolute atomic E-state index is 12.1. The summed E-state index contributed by atoms with van der Waals surface area (Å²) in [6.45, 7) is 5.25. The Labute approximate surface area is 91.0 Å². The number of hydrogen-bond acceptors (Lipinski definition) is 3. The first kappa shape index (κ1) is 10.9. The molecule has 2 saturated heterocycles. The standard InChI is InChI=1S/C11H20N2O2/c1-2-9-4-3-6-13(9)11(14)10-8-12-5-7-15-10/h9-10,12H,2-8H2,1H3. The quantitative estimate of drug-likeness (QED) is 0.719. The molecule has 2 rings (SSSR count). The molecule has 0 saturated carbocycles. The lowest BCUT2D eigenvalue weighted by Gasteiger charge is -2.30.